The lowest BCUT2D eigenvalue weighted by atomic mass is 9.92. The quantitative estimate of drug-likeness (QED) is 0.771. The van der Waals surface area contributed by atoms with Crippen LogP contribution in [0.5, 0.6) is 0 Å². The fourth-order valence-corrected chi connectivity index (χ4v) is 4.37. The second-order valence-corrected chi connectivity index (χ2v) is 7.99. The number of hydrogen-bond donors (Lipinski definition) is 1. The van der Waals surface area contributed by atoms with Crippen molar-refractivity contribution in [3.05, 3.63) is 47.4 Å². The molecule has 1 fully saturated rings. The number of hydrogen-bond acceptors (Lipinski definition) is 7. The topological polar surface area (TPSA) is 86.1 Å². The molecular formula is C21H20F3N7O. The van der Waals surface area contributed by atoms with Crippen LogP contribution in [0.25, 0.3) is 11.0 Å². The van der Waals surface area contributed by atoms with Crippen molar-refractivity contribution >= 4 is 29.0 Å². The van der Waals surface area contributed by atoms with E-state index in [0.29, 0.717) is 24.9 Å². The predicted molar refractivity (Wildman–Crippen MR) is 112 cm³/mol. The number of allylic oxidation sites excluding steroid dienone is 1. The first kappa shape index (κ1) is 20.4. The molecule has 1 N–H and O–H groups in total. The van der Waals surface area contributed by atoms with Crippen LogP contribution >= 0.6 is 0 Å². The summed E-state index contributed by atoms with van der Waals surface area (Å²) in [4.78, 5) is 31.1. The minimum atomic E-state index is -4.77. The van der Waals surface area contributed by atoms with Crippen molar-refractivity contribution in [3.8, 4) is 0 Å². The van der Waals surface area contributed by atoms with Crippen molar-refractivity contribution in [2.75, 3.05) is 13.1 Å². The molecule has 1 amide bonds. The molecular weight excluding hydrogens is 423 g/mol. The molecule has 5 heterocycles. The first-order chi connectivity index (χ1) is 15.3. The number of amides is 1. The minimum absolute atomic E-state index is 0.0406. The van der Waals surface area contributed by atoms with Crippen LogP contribution in [-0.4, -0.2) is 57.2 Å². The zero-order valence-corrected chi connectivity index (χ0v) is 17.2. The predicted octanol–water partition coefficient (Wildman–Crippen LogP) is 2.99. The Morgan fingerprint density at radius 3 is 2.97 bits per heavy atom. The number of halogens is 3. The molecule has 0 aliphatic carbocycles. The van der Waals surface area contributed by atoms with Gasteiger partial charge in [-0.2, -0.15) is 13.2 Å². The highest BCUT2D eigenvalue weighted by molar-refractivity contribution is 5.98. The lowest BCUT2D eigenvalue weighted by Gasteiger charge is -2.39. The molecule has 0 saturated carbocycles. The highest BCUT2D eigenvalue weighted by Gasteiger charge is 2.40. The summed E-state index contributed by atoms with van der Waals surface area (Å²) in [5.74, 6) is -0.733. The molecule has 5 rings (SSSR count). The van der Waals surface area contributed by atoms with E-state index in [1.807, 2.05) is 18.0 Å². The van der Waals surface area contributed by atoms with E-state index in [2.05, 4.69) is 25.4 Å². The van der Waals surface area contributed by atoms with Gasteiger partial charge in [0.15, 0.2) is 11.3 Å². The van der Waals surface area contributed by atoms with Crippen molar-refractivity contribution in [3.63, 3.8) is 0 Å². The number of hydrazine groups is 1. The number of pyridine rings is 2. The summed E-state index contributed by atoms with van der Waals surface area (Å²) in [6.45, 7) is 2.55. The number of alkyl halides is 3. The van der Waals surface area contributed by atoms with Crippen LogP contribution in [0.15, 0.2) is 46.2 Å². The van der Waals surface area contributed by atoms with Gasteiger partial charge in [-0.15, -0.1) is 0 Å². The van der Waals surface area contributed by atoms with Crippen molar-refractivity contribution in [2.24, 2.45) is 15.9 Å². The third kappa shape index (κ3) is 3.57. The lowest BCUT2D eigenvalue weighted by molar-refractivity contribution is -0.141. The number of carbonyl (C=O) groups excluding carboxylic acids is 1. The summed E-state index contributed by atoms with van der Waals surface area (Å²) in [5, 5.41) is 2.22. The van der Waals surface area contributed by atoms with Crippen LogP contribution in [0, 0.1) is 5.92 Å². The zero-order chi connectivity index (χ0) is 22.5. The molecule has 11 heteroatoms. The van der Waals surface area contributed by atoms with Crippen molar-refractivity contribution in [1.29, 1.82) is 0 Å². The first-order valence-corrected chi connectivity index (χ1v) is 10.3. The average molecular weight is 443 g/mol. The van der Waals surface area contributed by atoms with Crippen molar-refractivity contribution < 1.29 is 18.0 Å². The number of aromatic nitrogens is 2. The van der Waals surface area contributed by atoms with E-state index in [-0.39, 0.29) is 11.6 Å². The Hall–Kier alpha value is -3.50. The highest BCUT2D eigenvalue weighted by atomic mass is 19.4. The van der Waals surface area contributed by atoms with Crippen LogP contribution in [0.1, 0.15) is 35.8 Å². The number of carbonyl (C=O) groups is 1. The first-order valence-electron chi connectivity index (χ1n) is 10.3. The number of piperidine rings is 1. The van der Waals surface area contributed by atoms with E-state index in [4.69, 9.17) is 0 Å². The largest absolute Gasteiger partial charge is 0.434 e. The molecule has 0 aromatic carbocycles. The van der Waals surface area contributed by atoms with Gasteiger partial charge in [-0.1, -0.05) is 0 Å². The summed E-state index contributed by atoms with van der Waals surface area (Å²) < 4.78 is 41.2. The van der Waals surface area contributed by atoms with Gasteiger partial charge in [0, 0.05) is 42.0 Å². The van der Waals surface area contributed by atoms with Gasteiger partial charge >= 0.3 is 6.18 Å². The van der Waals surface area contributed by atoms with Crippen LogP contribution in [-0.2, 0) is 6.18 Å². The molecule has 3 aliphatic rings. The standard InChI is InChI=1S/C21H20F3N7O/c1-12-8-16(31-20(28-12)26-11-27-31)14-5-3-7-30(10-14)19(32)15-9-13-4-2-6-25-18(13)29-17(15)21(22,23)24/h2,4,6,8-9,11,14,20H,3,5,7,10H2,1H3,(H,26,27)/t14-,20?/m0/s1. The summed E-state index contributed by atoms with van der Waals surface area (Å²) in [7, 11) is 0. The Kier molecular flexibility index (Phi) is 4.83. The number of nitrogens with zero attached hydrogens (tertiary/aromatic N) is 6. The molecule has 1 saturated heterocycles. The van der Waals surface area contributed by atoms with Crippen LogP contribution in [0.4, 0.5) is 13.2 Å². The second-order valence-electron chi connectivity index (χ2n) is 7.99. The lowest BCUT2D eigenvalue weighted by Crippen LogP contribution is -2.47. The molecule has 2 aromatic rings. The monoisotopic (exact) mass is 443 g/mol. The Balaban J connectivity index is 1.46. The Labute approximate surface area is 181 Å². The number of aliphatic imine (C=N–C) groups is 2. The summed E-state index contributed by atoms with van der Waals surface area (Å²) in [6, 6.07) is 4.44. The Bertz CT molecular complexity index is 1170. The molecule has 2 aromatic heterocycles. The number of nitrogens with one attached hydrogen (secondary N) is 1. The van der Waals surface area contributed by atoms with Gasteiger partial charge in [0.2, 0.25) is 6.29 Å². The van der Waals surface area contributed by atoms with Crippen molar-refractivity contribution in [2.45, 2.75) is 32.2 Å². The smallest absolute Gasteiger partial charge is 0.338 e. The molecule has 0 spiro atoms. The maximum Gasteiger partial charge on any atom is 0.434 e. The van der Waals surface area contributed by atoms with E-state index in [9.17, 15) is 18.0 Å². The molecule has 0 bridgehead atoms. The van der Waals surface area contributed by atoms with Gasteiger partial charge in [-0.25, -0.2) is 25.0 Å². The number of fused-ring (bicyclic) bond motifs is 2. The summed E-state index contributed by atoms with van der Waals surface area (Å²) >= 11 is 0. The molecule has 2 atom stereocenters. The van der Waals surface area contributed by atoms with E-state index in [1.54, 1.807) is 18.5 Å². The third-order valence-corrected chi connectivity index (χ3v) is 5.81. The Morgan fingerprint density at radius 2 is 2.16 bits per heavy atom. The van der Waals surface area contributed by atoms with Crippen LogP contribution in [0.2, 0.25) is 0 Å². The third-order valence-electron chi connectivity index (χ3n) is 5.81. The average Bonchev–Trinajstić information content (AvgIpc) is 3.25. The SMILES string of the molecule is CC1=NC2N=CNN2C([C@H]2CCCN(C(=O)c3cc4cccnc4nc3C(F)(F)F)C2)=C1. The van der Waals surface area contributed by atoms with Crippen molar-refractivity contribution in [1.82, 2.24) is 25.3 Å². The summed E-state index contributed by atoms with van der Waals surface area (Å²) in [6.07, 6.45) is 1.19. The van der Waals surface area contributed by atoms with Gasteiger partial charge in [-0.3, -0.25) is 10.2 Å². The van der Waals surface area contributed by atoms with Gasteiger partial charge in [0.25, 0.3) is 5.91 Å². The maximum absolute atomic E-state index is 13.7. The van der Waals surface area contributed by atoms with E-state index < -0.39 is 29.6 Å². The highest BCUT2D eigenvalue weighted by Crippen LogP contribution is 2.35. The van der Waals surface area contributed by atoms with Gasteiger partial charge in [0.05, 0.1) is 5.56 Å². The molecule has 8 nitrogen and oxygen atoms in total. The van der Waals surface area contributed by atoms with E-state index in [1.165, 1.54) is 17.2 Å². The fourth-order valence-electron chi connectivity index (χ4n) is 4.37. The van der Waals surface area contributed by atoms with E-state index in [0.717, 1.165) is 17.8 Å². The van der Waals surface area contributed by atoms with Crippen LogP contribution in [0.3, 0.4) is 0 Å². The number of likely N-dealkylation sites (tertiary alicyclic amines) is 1. The van der Waals surface area contributed by atoms with E-state index >= 15 is 0 Å². The molecule has 32 heavy (non-hydrogen) atoms. The minimum Gasteiger partial charge on any atom is -0.338 e. The van der Waals surface area contributed by atoms with Crippen LogP contribution < -0.4 is 5.43 Å². The number of rotatable bonds is 2. The summed E-state index contributed by atoms with van der Waals surface area (Å²) in [5.41, 5.74) is 3.10. The molecule has 166 valence electrons. The maximum atomic E-state index is 13.7. The van der Waals surface area contributed by atoms with Gasteiger partial charge in [0.1, 0.15) is 6.34 Å². The molecule has 1 unspecified atom stereocenters. The van der Waals surface area contributed by atoms with Gasteiger partial charge < -0.3 is 4.90 Å². The normalized spacial score (nSPS) is 23.0. The van der Waals surface area contributed by atoms with Gasteiger partial charge in [-0.05, 0) is 44.0 Å². The second kappa shape index (κ2) is 7.57. The zero-order valence-electron chi connectivity index (χ0n) is 17.2. The molecule has 0 radical (unpaired) electrons. The fraction of sp³-hybridized carbons (Fsp3) is 0.381. The Morgan fingerprint density at radius 1 is 1.31 bits per heavy atom. The molecule has 3 aliphatic heterocycles.